The average molecular weight is 446 g/mol. The lowest BCUT2D eigenvalue weighted by atomic mass is 10.1. The molecule has 0 radical (unpaired) electrons. The second kappa shape index (κ2) is 14.4. The van der Waals surface area contributed by atoms with Gasteiger partial charge in [0.25, 0.3) is 5.91 Å². The summed E-state index contributed by atoms with van der Waals surface area (Å²) < 4.78 is 10.3. The minimum absolute atomic E-state index is 0.221. The summed E-state index contributed by atoms with van der Waals surface area (Å²) in [6, 6.07) is 7.61. The highest BCUT2D eigenvalue weighted by molar-refractivity contribution is 8.18. The van der Waals surface area contributed by atoms with Crippen LogP contribution in [-0.4, -0.2) is 37.0 Å². The molecule has 0 saturated carbocycles. The van der Waals surface area contributed by atoms with Crippen molar-refractivity contribution in [2.45, 2.75) is 58.3 Å². The van der Waals surface area contributed by atoms with Crippen LogP contribution in [0.3, 0.4) is 0 Å². The van der Waals surface area contributed by atoms with Crippen LogP contribution in [0.4, 0.5) is 0 Å². The number of thioether (sulfide) groups is 1. The molecule has 1 amide bonds. The molecule has 0 aromatic heterocycles. The van der Waals surface area contributed by atoms with Crippen LogP contribution in [0.25, 0.3) is 0 Å². The van der Waals surface area contributed by atoms with E-state index in [0.29, 0.717) is 5.17 Å². The molecule has 1 saturated heterocycles. The van der Waals surface area contributed by atoms with Gasteiger partial charge in [0.2, 0.25) is 0 Å². The topological polar surface area (TPSA) is 89.4 Å². The number of hydrogen-bond donors (Lipinski definition) is 1. The molecule has 1 aromatic rings. The van der Waals surface area contributed by atoms with Crippen LogP contribution in [0.1, 0.15) is 63.9 Å². The third-order valence-corrected chi connectivity index (χ3v) is 5.50. The van der Waals surface area contributed by atoms with Gasteiger partial charge < -0.3 is 9.47 Å². The van der Waals surface area contributed by atoms with E-state index in [2.05, 4.69) is 27.2 Å². The molecule has 1 aliphatic rings. The molecular formula is C23H31N3O4S. The molecule has 168 valence electrons. The first-order chi connectivity index (χ1) is 15.1. The first-order valence-electron chi connectivity index (χ1n) is 10.7. The van der Waals surface area contributed by atoms with Crippen LogP contribution in [0.5, 0.6) is 5.75 Å². The molecule has 1 heterocycles. The predicted molar refractivity (Wildman–Crippen MR) is 125 cm³/mol. The highest BCUT2D eigenvalue weighted by Gasteiger charge is 2.24. The Morgan fingerprint density at radius 3 is 2.42 bits per heavy atom. The van der Waals surface area contributed by atoms with E-state index in [1.165, 1.54) is 52.1 Å². The predicted octanol–water partition coefficient (Wildman–Crippen LogP) is 4.82. The third-order valence-electron chi connectivity index (χ3n) is 4.60. The lowest BCUT2D eigenvalue weighted by molar-refractivity contribution is -0.135. The van der Waals surface area contributed by atoms with E-state index in [1.807, 2.05) is 24.3 Å². The van der Waals surface area contributed by atoms with Gasteiger partial charge in [-0.3, -0.25) is 10.1 Å². The van der Waals surface area contributed by atoms with Crippen LogP contribution >= 0.6 is 11.8 Å². The molecule has 0 bridgehead atoms. The molecule has 7 nitrogen and oxygen atoms in total. The van der Waals surface area contributed by atoms with Gasteiger partial charge in [0.15, 0.2) is 5.17 Å². The number of rotatable bonds is 13. The smallest absolute Gasteiger partial charge is 0.331 e. The van der Waals surface area contributed by atoms with Crippen molar-refractivity contribution in [1.82, 2.24) is 5.32 Å². The van der Waals surface area contributed by atoms with E-state index < -0.39 is 11.9 Å². The van der Waals surface area contributed by atoms with E-state index in [1.54, 1.807) is 6.21 Å². The molecule has 2 rings (SSSR count). The van der Waals surface area contributed by atoms with Crippen molar-refractivity contribution in [3.8, 4) is 5.75 Å². The lowest BCUT2D eigenvalue weighted by Crippen LogP contribution is -2.19. The molecule has 31 heavy (non-hydrogen) atoms. The molecule has 1 aromatic carbocycles. The monoisotopic (exact) mass is 445 g/mol. The maximum Gasteiger partial charge on any atom is 0.331 e. The van der Waals surface area contributed by atoms with Crippen LogP contribution in [0.2, 0.25) is 0 Å². The van der Waals surface area contributed by atoms with E-state index in [9.17, 15) is 9.59 Å². The van der Waals surface area contributed by atoms with Gasteiger partial charge in [-0.15, -0.1) is 5.10 Å². The SMILES string of the molecule is CCCCCCCCCCOc1ccc(C=N/N=C2/NC(=O)/C(=C\C(=O)OC)S2)cc1. The first-order valence-corrected chi connectivity index (χ1v) is 11.6. The second-order valence-corrected chi connectivity index (χ2v) is 8.16. The summed E-state index contributed by atoms with van der Waals surface area (Å²) >= 11 is 1.04. The molecule has 0 unspecified atom stereocenters. The van der Waals surface area contributed by atoms with Gasteiger partial charge in [0, 0.05) is 6.08 Å². The van der Waals surface area contributed by atoms with Crippen molar-refractivity contribution in [3.63, 3.8) is 0 Å². The van der Waals surface area contributed by atoms with Crippen molar-refractivity contribution in [2.75, 3.05) is 13.7 Å². The summed E-state index contributed by atoms with van der Waals surface area (Å²) in [5, 5.41) is 10.8. The van der Waals surface area contributed by atoms with Gasteiger partial charge in [0.1, 0.15) is 5.75 Å². The Morgan fingerprint density at radius 1 is 1.06 bits per heavy atom. The first kappa shape index (κ1) is 24.7. The number of benzene rings is 1. The van der Waals surface area contributed by atoms with E-state index in [-0.39, 0.29) is 4.91 Å². The van der Waals surface area contributed by atoms with Crippen molar-refractivity contribution in [1.29, 1.82) is 0 Å². The van der Waals surface area contributed by atoms with Crippen LogP contribution in [0, 0.1) is 0 Å². The number of nitrogens with zero attached hydrogens (tertiary/aromatic N) is 2. The zero-order valence-corrected chi connectivity index (χ0v) is 19.1. The summed E-state index contributed by atoms with van der Waals surface area (Å²) in [5.74, 6) is -0.155. The third kappa shape index (κ3) is 9.83. The van der Waals surface area contributed by atoms with Gasteiger partial charge in [-0.05, 0) is 48.0 Å². The van der Waals surface area contributed by atoms with Crippen molar-refractivity contribution in [3.05, 3.63) is 40.8 Å². The van der Waals surface area contributed by atoms with Gasteiger partial charge >= 0.3 is 5.97 Å². The number of methoxy groups -OCH3 is 1. The number of unbranched alkanes of at least 4 members (excludes halogenated alkanes) is 7. The van der Waals surface area contributed by atoms with Crippen molar-refractivity contribution >= 4 is 35.0 Å². The van der Waals surface area contributed by atoms with Gasteiger partial charge in [-0.25, -0.2) is 4.79 Å². The summed E-state index contributed by atoms with van der Waals surface area (Å²) in [4.78, 5) is 23.2. The summed E-state index contributed by atoms with van der Waals surface area (Å²) in [6.45, 7) is 2.97. The van der Waals surface area contributed by atoms with Crippen LogP contribution < -0.4 is 10.1 Å². The zero-order chi connectivity index (χ0) is 22.3. The number of amidine groups is 1. The number of ether oxygens (including phenoxy) is 2. The Bertz CT molecular complexity index is 804. The van der Waals surface area contributed by atoms with Crippen LogP contribution in [-0.2, 0) is 14.3 Å². The molecule has 0 aliphatic carbocycles. The quantitative estimate of drug-likeness (QED) is 0.155. The highest BCUT2D eigenvalue weighted by atomic mass is 32.2. The zero-order valence-electron chi connectivity index (χ0n) is 18.3. The minimum Gasteiger partial charge on any atom is -0.494 e. The average Bonchev–Trinajstić information content (AvgIpc) is 3.12. The molecule has 0 atom stereocenters. The molecule has 8 heteroatoms. The van der Waals surface area contributed by atoms with E-state index in [4.69, 9.17) is 4.74 Å². The Labute approximate surface area is 188 Å². The van der Waals surface area contributed by atoms with E-state index >= 15 is 0 Å². The lowest BCUT2D eigenvalue weighted by Gasteiger charge is -2.06. The summed E-state index contributed by atoms with van der Waals surface area (Å²) in [7, 11) is 1.25. The number of esters is 1. The van der Waals surface area contributed by atoms with Crippen molar-refractivity contribution in [2.24, 2.45) is 10.2 Å². The van der Waals surface area contributed by atoms with Gasteiger partial charge in [0.05, 0.1) is 24.8 Å². The fourth-order valence-electron chi connectivity index (χ4n) is 2.87. The molecule has 0 spiro atoms. The Kier molecular flexibility index (Phi) is 11.5. The summed E-state index contributed by atoms with van der Waals surface area (Å²) in [6.07, 6.45) is 12.9. The minimum atomic E-state index is -0.591. The second-order valence-electron chi connectivity index (χ2n) is 7.13. The number of amides is 1. The Hall–Kier alpha value is -2.61. The summed E-state index contributed by atoms with van der Waals surface area (Å²) in [5.41, 5.74) is 0.864. The number of carbonyl (C=O) groups is 2. The number of carbonyl (C=O) groups excluding carboxylic acids is 2. The molecular weight excluding hydrogens is 414 g/mol. The van der Waals surface area contributed by atoms with E-state index in [0.717, 1.165) is 42.2 Å². The van der Waals surface area contributed by atoms with Crippen molar-refractivity contribution < 1.29 is 19.1 Å². The molecule has 1 fully saturated rings. The fourth-order valence-corrected chi connectivity index (χ4v) is 3.60. The van der Waals surface area contributed by atoms with Gasteiger partial charge in [-0.2, -0.15) is 5.10 Å². The Morgan fingerprint density at radius 2 is 1.74 bits per heavy atom. The Balaban J connectivity index is 1.68. The maximum absolute atomic E-state index is 11.7. The molecule has 1 aliphatic heterocycles. The van der Waals surface area contributed by atoms with Crippen LogP contribution in [0.15, 0.2) is 45.4 Å². The normalized spacial score (nSPS) is 16.3. The largest absolute Gasteiger partial charge is 0.494 e. The van der Waals surface area contributed by atoms with Gasteiger partial charge in [-0.1, -0.05) is 51.9 Å². The number of nitrogens with one attached hydrogen (secondary N) is 1. The standard InChI is InChI=1S/C23H31N3O4S/c1-3-4-5-6-7-8-9-10-15-30-19-13-11-18(12-14-19)17-24-26-23-25-22(28)20(31-23)16-21(27)29-2/h11-14,16-17H,3-10,15H2,1-2H3,(H,25,26,28)/b20-16+,24-17?. The molecule has 1 N–H and O–H groups in total. The fraction of sp³-hybridized carbons (Fsp3) is 0.478. The highest BCUT2D eigenvalue weighted by Crippen LogP contribution is 2.23. The number of hydrogen-bond acceptors (Lipinski definition) is 7. The maximum atomic E-state index is 11.7.